The number of hydrogen-bond acceptors (Lipinski definition) is 5. The van der Waals surface area contributed by atoms with Crippen LogP contribution in [0.2, 0.25) is 5.02 Å². The summed E-state index contributed by atoms with van der Waals surface area (Å²) in [4.78, 5) is 23.9. The molecule has 2 N–H and O–H groups in total. The van der Waals surface area contributed by atoms with Gasteiger partial charge in [-0.25, -0.2) is 4.79 Å². The van der Waals surface area contributed by atoms with E-state index in [2.05, 4.69) is 0 Å². The lowest BCUT2D eigenvalue weighted by Crippen LogP contribution is -2.27. The van der Waals surface area contributed by atoms with Gasteiger partial charge in [0.15, 0.2) is 5.43 Å². The van der Waals surface area contributed by atoms with Crippen molar-refractivity contribution < 1.29 is 24.5 Å². The minimum atomic E-state index is -1.31. The van der Waals surface area contributed by atoms with Gasteiger partial charge in [-0.2, -0.15) is 0 Å². The van der Waals surface area contributed by atoms with Crippen molar-refractivity contribution in [1.29, 1.82) is 0 Å². The molecule has 0 saturated heterocycles. The molecule has 0 amide bonds. The molecule has 0 aliphatic carbocycles. The van der Waals surface area contributed by atoms with Crippen molar-refractivity contribution in [3.63, 3.8) is 0 Å². The summed E-state index contributed by atoms with van der Waals surface area (Å²) >= 11 is 6.36. The maximum Gasteiger partial charge on any atom is 0.341 e. The molecule has 1 unspecified atom stereocenters. The number of fused-ring (bicyclic) bond motifs is 3. The van der Waals surface area contributed by atoms with Crippen molar-refractivity contribution in [1.82, 2.24) is 4.57 Å². The van der Waals surface area contributed by atoms with Crippen LogP contribution in [0.4, 0.5) is 0 Å². The lowest BCUT2D eigenvalue weighted by molar-refractivity contribution is 0.0693. The minimum absolute atomic E-state index is 0.00264. The zero-order valence-electron chi connectivity index (χ0n) is 15.7. The monoisotopic (exact) mass is 427 g/mol. The normalized spacial score (nSPS) is 14.4. The number of benzene rings is 2. The Labute approximate surface area is 176 Å². The number of carboxylic acid groups (broad SMARTS) is 1. The fourth-order valence-corrected chi connectivity index (χ4v) is 3.55. The molecule has 1 aliphatic heterocycles. The summed E-state index contributed by atoms with van der Waals surface area (Å²) in [6.07, 6.45) is 1.07. The van der Waals surface area contributed by atoms with Crippen molar-refractivity contribution in [2.24, 2.45) is 0 Å². The van der Waals surface area contributed by atoms with Crippen molar-refractivity contribution in [3.8, 4) is 22.8 Å². The van der Waals surface area contributed by atoms with E-state index in [1.165, 1.54) is 12.3 Å². The number of rotatable bonds is 6. The lowest BCUT2D eigenvalue weighted by atomic mass is 10.0. The zero-order chi connectivity index (χ0) is 21.3. The second-order valence-electron chi connectivity index (χ2n) is 6.73. The summed E-state index contributed by atoms with van der Waals surface area (Å²) in [5, 5.41) is 18.7. The molecule has 1 atom stereocenters. The Balaban J connectivity index is 1.89. The van der Waals surface area contributed by atoms with Gasteiger partial charge in [0.05, 0.1) is 17.3 Å². The molecule has 2 heterocycles. The molecule has 1 aromatic heterocycles. The van der Waals surface area contributed by atoms with Crippen LogP contribution in [0, 0.1) is 0 Å². The molecule has 0 bridgehead atoms. The Hall–Kier alpha value is -3.29. The Bertz CT molecular complexity index is 1160. The number of carboxylic acids is 1. The molecule has 0 fully saturated rings. The first-order valence-electron chi connectivity index (χ1n) is 9.28. The molecule has 2 aromatic carbocycles. The van der Waals surface area contributed by atoms with Gasteiger partial charge in [-0.3, -0.25) is 4.79 Å². The highest BCUT2D eigenvalue weighted by Gasteiger charge is 2.29. The first-order chi connectivity index (χ1) is 14.5. The second kappa shape index (κ2) is 8.22. The minimum Gasteiger partial charge on any atom is -0.492 e. The van der Waals surface area contributed by atoms with Gasteiger partial charge in [0.2, 0.25) is 6.23 Å². The molecule has 0 radical (unpaired) electrons. The van der Waals surface area contributed by atoms with Gasteiger partial charge in [0.1, 0.15) is 17.1 Å². The maximum atomic E-state index is 12.4. The molecule has 0 saturated carbocycles. The van der Waals surface area contributed by atoms with Gasteiger partial charge in [-0.1, -0.05) is 41.9 Å². The fourth-order valence-electron chi connectivity index (χ4n) is 3.33. The smallest absolute Gasteiger partial charge is 0.341 e. The number of nitrogens with zero attached hydrogens (tertiary/aromatic N) is 1. The summed E-state index contributed by atoms with van der Waals surface area (Å²) in [5.74, 6) is -0.457. The van der Waals surface area contributed by atoms with E-state index in [1.54, 1.807) is 16.7 Å². The third-order valence-electron chi connectivity index (χ3n) is 4.76. The van der Waals surface area contributed by atoms with Gasteiger partial charge in [-0.15, -0.1) is 0 Å². The standard InChI is InChI=1S/C22H18ClNO6/c23-16-9-14-17-10-18(26)15(22(27)28)12-24(17)21(13-5-2-1-3-6-13)30-19(14)11-20(16)29-8-4-7-25/h1-3,5-6,9-12,21,25H,4,7-8H2,(H,27,28). The zero-order valence-corrected chi connectivity index (χ0v) is 16.5. The second-order valence-corrected chi connectivity index (χ2v) is 7.14. The molecule has 0 spiro atoms. The first kappa shape index (κ1) is 20.0. The number of aromatic carboxylic acids is 1. The maximum absolute atomic E-state index is 12.4. The number of aliphatic hydroxyl groups is 1. The van der Waals surface area contributed by atoms with E-state index in [1.807, 2.05) is 30.3 Å². The number of hydrogen-bond donors (Lipinski definition) is 2. The van der Waals surface area contributed by atoms with Crippen LogP contribution in [0.3, 0.4) is 0 Å². The third-order valence-corrected chi connectivity index (χ3v) is 5.05. The molecular weight excluding hydrogens is 410 g/mol. The molecule has 154 valence electrons. The van der Waals surface area contributed by atoms with Crippen LogP contribution in [-0.2, 0) is 0 Å². The average Bonchev–Trinajstić information content (AvgIpc) is 2.74. The highest BCUT2D eigenvalue weighted by Crippen LogP contribution is 2.44. The molecule has 1 aliphatic rings. The molecule has 8 heteroatoms. The van der Waals surface area contributed by atoms with E-state index in [0.717, 1.165) is 5.56 Å². The van der Waals surface area contributed by atoms with Crippen molar-refractivity contribution >= 4 is 17.6 Å². The number of halogens is 1. The van der Waals surface area contributed by atoms with Crippen molar-refractivity contribution in [2.45, 2.75) is 12.6 Å². The number of carbonyl (C=O) groups is 1. The molecular formula is C22H18ClNO6. The third kappa shape index (κ3) is 3.65. The van der Waals surface area contributed by atoms with Crippen LogP contribution in [-0.4, -0.2) is 34.0 Å². The van der Waals surface area contributed by atoms with Crippen molar-refractivity contribution in [2.75, 3.05) is 13.2 Å². The van der Waals surface area contributed by atoms with E-state index >= 15 is 0 Å². The molecule has 3 aromatic rings. The first-order valence-corrected chi connectivity index (χ1v) is 9.66. The molecule has 30 heavy (non-hydrogen) atoms. The van der Waals surface area contributed by atoms with Crippen LogP contribution < -0.4 is 14.9 Å². The van der Waals surface area contributed by atoms with E-state index in [-0.39, 0.29) is 18.8 Å². The predicted octanol–water partition coefficient (Wildman–Crippen LogP) is 3.57. The topological polar surface area (TPSA) is 98.0 Å². The number of aliphatic hydroxyl groups excluding tert-OH is 1. The van der Waals surface area contributed by atoms with Gasteiger partial charge in [0, 0.05) is 42.5 Å². The Kier molecular flexibility index (Phi) is 5.48. The summed E-state index contributed by atoms with van der Waals surface area (Å²) < 4.78 is 13.4. The van der Waals surface area contributed by atoms with Crippen LogP contribution in [0.5, 0.6) is 11.5 Å². The van der Waals surface area contributed by atoms with E-state index in [0.29, 0.717) is 34.2 Å². The largest absolute Gasteiger partial charge is 0.492 e. The van der Waals surface area contributed by atoms with E-state index < -0.39 is 17.6 Å². The quantitative estimate of drug-likeness (QED) is 0.583. The van der Waals surface area contributed by atoms with E-state index in [9.17, 15) is 14.7 Å². The molecule has 4 rings (SSSR count). The van der Waals surface area contributed by atoms with Crippen LogP contribution in [0.15, 0.2) is 59.5 Å². The van der Waals surface area contributed by atoms with Gasteiger partial charge in [0.25, 0.3) is 0 Å². The Morgan fingerprint density at radius 1 is 1.20 bits per heavy atom. The van der Waals surface area contributed by atoms with Gasteiger partial charge >= 0.3 is 5.97 Å². The fraction of sp³-hybridized carbons (Fsp3) is 0.182. The number of ether oxygens (including phenoxy) is 2. The van der Waals surface area contributed by atoms with Crippen LogP contribution in [0.1, 0.15) is 28.6 Å². The van der Waals surface area contributed by atoms with Gasteiger partial charge in [-0.05, 0) is 6.07 Å². The molecule has 7 nitrogen and oxygen atoms in total. The highest BCUT2D eigenvalue weighted by molar-refractivity contribution is 6.32. The van der Waals surface area contributed by atoms with Gasteiger partial charge < -0.3 is 24.3 Å². The van der Waals surface area contributed by atoms with E-state index in [4.69, 9.17) is 26.2 Å². The summed E-state index contributed by atoms with van der Waals surface area (Å²) in [6, 6.07) is 13.8. The SMILES string of the molecule is O=C(O)c1cn2c(cc1=O)-c1cc(Cl)c(OCCCO)cc1OC2c1ccccc1. The summed E-state index contributed by atoms with van der Waals surface area (Å²) in [6.45, 7) is 0.284. The van der Waals surface area contributed by atoms with Crippen LogP contribution >= 0.6 is 11.6 Å². The number of aromatic nitrogens is 1. The average molecular weight is 428 g/mol. The van der Waals surface area contributed by atoms with Crippen LogP contribution in [0.25, 0.3) is 11.3 Å². The Morgan fingerprint density at radius 2 is 1.97 bits per heavy atom. The summed E-state index contributed by atoms with van der Waals surface area (Å²) in [7, 11) is 0. The predicted molar refractivity (Wildman–Crippen MR) is 111 cm³/mol. The number of pyridine rings is 1. The Morgan fingerprint density at radius 3 is 2.67 bits per heavy atom. The lowest BCUT2D eigenvalue weighted by Gasteiger charge is -2.32. The van der Waals surface area contributed by atoms with Crippen molar-refractivity contribution in [3.05, 3.63) is 81.1 Å². The summed E-state index contributed by atoms with van der Waals surface area (Å²) in [5.41, 5.74) is 0.872. The highest BCUT2D eigenvalue weighted by atomic mass is 35.5.